The molecule has 2 aromatic rings. The second-order valence-corrected chi connectivity index (χ2v) is 7.90. The van der Waals surface area contributed by atoms with Gasteiger partial charge >= 0.3 is 0 Å². The molecule has 1 heterocycles. The molecule has 28 heavy (non-hydrogen) atoms. The first-order valence-electron chi connectivity index (χ1n) is 8.82. The number of halogens is 2. The van der Waals surface area contributed by atoms with Gasteiger partial charge in [-0.05, 0) is 34.0 Å². The first-order chi connectivity index (χ1) is 13.4. The fourth-order valence-electron chi connectivity index (χ4n) is 2.77. The van der Waals surface area contributed by atoms with Crippen LogP contribution >= 0.6 is 27.5 Å². The van der Waals surface area contributed by atoms with Gasteiger partial charge < -0.3 is 20.1 Å². The standard InChI is InChI=1S/C20H20BrClN2O4/c1-11(2)18(24-19(25)12-5-3-4-6-13(12)21)20(26)23-15-10-17-16(9-14(15)22)27-7-8-28-17/h3-6,9-11,18H,7-8H2,1-2H3,(H,23,26)(H,24,25)/t18-/m0/s1. The maximum atomic E-state index is 12.9. The average Bonchev–Trinajstić information content (AvgIpc) is 2.66. The normalized spacial score (nSPS) is 13.8. The van der Waals surface area contributed by atoms with E-state index in [4.69, 9.17) is 21.1 Å². The van der Waals surface area contributed by atoms with Gasteiger partial charge in [0.05, 0.1) is 16.3 Å². The van der Waals surface area contributed by atoms with Crippen molar-refractivity contribution in [3.05, 3.63) is 51.5 Å². The molecule has 0 unspecified atom stereocenters. The number of anilines is 1. The molecule has 1 aliphatic heterocycles. The van der Waals surface area contributed by atoms with Gasteiger partial charge in [0.2, 0.25) is 5.91 Å². The van der Waals surface area contributed by atoms with Crippen LogP contribution in [0.5, 0.6) is 11.5 Å². The lowest BCUT2D eigenvalue weighted by Gasteiger charge is -2.23. The zero-order chi connectivity index (χ0) is 20.3. The Balaban J connectivity index is 1.77. The Bertz CT molecular complexity index is 904. The molecule has 0 radical (unpaired) electrons. The minimum atomic E-state index is -0.746. The summed E-state index contributed by atoms with van der Waals surface area (Å²) in [6.07, 6.45) is 0. The van der Waals surface area contributed by atoms with Crippen molar-refractivity contribution < 1.29 is 19.1 Å². The third-order valence-corrected chi connectivity index (χ3v) is 5.25. The minimum absolute atomic E-state index is 0.137. The summed E-state index contributed by atoms with van der Waals surface area (Å²) in [6, 6.07) is 9.53. The van der Waals surface area contributed by atoms with E-state index in [0.29, 0.717) is 45.5 Å². The lowest BCUT2D eigenvalue weighted by Crippen LogP contribution is -2.47. The van der Waals surface area contributed by atoms with E-state index in [-0.39, 0.29) is 17.7 Å². The predicted octanol–water partition coefficient (Wildman–Crippen LogP) is 4.27. The van der Waals surface area contributed by atoms with Gasteiger partial charge in [0.15, 0.2) is 11.5 Å². The summed E-state index contributed by atoms with van der Waals surface area (Å²) in [5.74, 6) is 0.215. The fraction of sp³-hybridized carbons (Fsp3) is 0.300. The van der Waals surface area contributed by atoms with Crippen LogP contribution in [0.2, 0.25) is 5.02 Å². The van der Waals surface area contributed by atoms with Crippen LogP contribution in [0.4, 0.5) is 5.69 Å². The van der Waals surface area contributed by atoms with Crippen LogP contribution in [0, 0.1) is 5.92 Å². The molecule has 6 nitrogen and oxygen atoms in total. The van der Waals surface area contributed by atoms with Gasteiger partial charge in [-0.1, -0.05) is 37.6 Å². The SMILES string of the molecule is CC(C)[C@H](NC(=O)c1ccccc1Br)C(=O)Nc1cc2c(cc1Cl)OCCO2. The number of fused-ring (bicyclic) bond motifs is 1. The highest BCUT2D eigenvalue weighted by Crippen LogP contribution is 2.38. The largest absolute Gasteiger partial charge is 0.486 e. The molecule has 8 heteroatoms. The summed E-state index contributed by atoms with van der Waals surface area (Å²) in [5.41, 5.74) is 0.856. The molecule has 1 atom stereocenters. The number of nitrogens with one attached hydrogen (secondary N) is 2. The third kappa shape index (κ3) is 4.59. The second-order valence-electron chi connectivity index (χ2n) is 6.64. The molecule has 0 bridgehead atoms. The summed E-state index contributed by atoms with van der Waals surface area (Å²) in [4.78, 5) is 25.5. The van der Waals surface area contributed by atoms with Crippen LogP contribution in [0.3, 0.4) is 0 Å². The molecule has 0 saturated heterocycles. The number of hydrogen-bond acceptors (Lipinski definition) is 4. The van der Waals surface area contributed by atoms with Crippen molar-refractivity contribution >= 4 is 45.0 Å². The first kappa shape index (κ1) is 20.5. The van der Waals surface area contributed by atoms with Gasteiger partial charge in [-0.2, -0.15) is 0 Å². The Morgan fingerprint density at radius 3 is 2.39 bits per heavy atom. The number of rotatable bonds is 5. The van der Waals surface area contributed by atoms with Crippen LogP contribution in [-0.4, -0.2) is 31.1 Å². The summed E-state index contributed by atoms with van der Waals surface area (Å²) in [5, 5.41) is 5.91. The van der Waals surface area contributed by atoms with E-state index in [1.807, 2.05) is 19.9 Å². The molecule has 0 spiro atoms. The van der Waals surface area contributed by atoms with E-state index < -0.39 is 6.04 Å². The fourth-order valence-corrected chi connectivity index (χ4v) is 3.44. The quantitative estimate of drug-likeness (QED) is 0.689. The molecular formula is C20H20BrClN2O4. The van der Waals surface area contributed by atoms with Crippen molar-refractivity contribution in [2.24, 2.45) is 5.92 Å². The summed E-state index contributed by atoms with van der Waals surface area (Å²) >= 11 is 9.62. The summed E-state index contributed by atoms with van der Waals surface area (Å²) in [7, 11) is 0. The van der Waals surface area contributed by atoms with Gasteiger partial charge in [0.1, 0.15) is 19.3 Å². The van der Waals surface area contributed by atoms with Crippen molar-refractivity contribution in [3.8, 4) is 11.5 Å². The van der Waals surface area contributed by atoms with Crippen molar-refractivity contribution in [1.82, 2.24) is 5.32 Å². The van der Waals surface area contributed by atoms with Gasteiger partial charge in [-0.25, -0.2) is 0 Å². The summed E-state index contributed by atoms with van der Waals surface area (Å²) < 4.78 is 11.7. The number of benzene rings is 2. The van der Waals surface area contributed by atoms with E-state index in [9.17, 15) is 9.59 Å². The van der Waals surface area contributed by atoms with E-state index in [1.165, 1.54) is 0 Å². The van der Waals surface area contributed by atoms with Crippen molar-refractivity contribution in [1.29, 1.82) is 0 Å². The Labute approximate surface area is 176 Å². The van der Waals surface area contributed by atoms with Crippen LogP contribution in [0.1, 0.15) is 24.2 Å². The Morgan fingerprint density at radius 1 is 1.11 bits per heavy atom. The molecule has 2 N–H and O–H groups in total. The van der Waals surface area contributed by atoms with Gasteiger partial charge in [0.25, 0.3) is 5.91 Å². The molecule has 3 rings (SSSR count). The molecule has 1 aliphatic rings. The molecule has 0 fully saturated rings. The monoisotopic (exact) mass is 466 g/mol. The van der Waals surface area contributed by atoms with E-state index in [0.717, 1.165) is 0 Å². The molecule has 2 aromatic carbocycles. The van der Waals surface area contributed by atoms with Crippen LogP contribution in [0.25, 0.3) is 0 Å². The highest BCUT2D eigenvalue weighted by Gasteiger charge is 2.26. The number of carbonyl (C=O) groups excluding carboxylic acids is 2. The zero-order valence-electron chi connectivity index (χ0n) is 15.4. The first-order valence-corrected chi connectivity index (χ1v) is 9.99. The topological polar surface area (TPSA) is 76.7 Å². The van der Waals surface area contributed by atoms with Gasteiger partial charge in [-0.3, -0.25) is 9.59 Å². The molecular weight excluding hydrogens is 448 g/mol. The van der Waals surface area contributed by atoms with Crippen LogP contribution in [0.15, 0.2) is 40.9 Å². The van der Waals surface area contributed by atoms with E-state index in [1.54, 1.807) is 30.3 Å². The van der Waals surface area contributed by atoms with E-state index >= 15 is 0 Å². The van der Waals surface area contributed by atoms with Crippen molar-refractivity contribution in [3.63, 3.8) is 0 Å². The maximum Gasteiger partial charge on any atom is 0.253 e. The molecule has 0 aromatic heterocycles. The second kappa shape index (κ2) is 8.84. The van der Waals surface area contributed by atoms with Crippen molar-refractivity contribution in [2.45, 2.75) is 19.9 Å². The Morgan fingerprint density at radius 2 is 1.75 bits per heavy atom. The molecule has 0 aliphatic carbocycles. The lowest BCUT2D eigenvalue weighted by atomic mass is 10.0. The molecule has 0 saturated carbocycles. The smallest absolute Gasteiger partial charge is 0.253 e. The maximum absolute atomic E-state index is 12.9. The number of ether oxygens (including phenoxy) is 2. The zero-order valence-corrected chi connectivity index (χ0v) is 17.8. The van der Waals surface area contributed by atoms with Gasteiger partial charge in [-0.15, -0.1) is 0 Å². The summed E-state index contributed by atoms with van der Waals surface area (Å²) in [6.45, 7) is 4.59. The van der Waals surface area contributed by atoms with Crippen LogP contribution < -0.4 is 20.1 Å². The van der Waals surface area contributed by atoms with Crippen molar-refractivity contribution in [2.75, 3.05) is 18.5 Å². The highest BCUT2D eigenvalue weighted by molar-refractivity contribution is 9.10. The van der Waals surface area contributed by atoms with E-state index in [2.05, 4.69) is 26.6 Å². The lowest BCUT2D eigenvalue weighted by molar-refractivity contribution is -0.118. The Hall–Kier alpha value is -2.25. The Kier molecular flexibility index (Phi) is 6.46. The molecule has 2 amide bonds. The third-order valence-electron chi connectivity index (χ3n) is 4.24. The minimum Gasteiger partial charge on any atom is -0.486 e. The number of amides is 2. The average molecular weight is 468 g/mol. The number of carbonyl (C=O) groups is 2. The van der Waals surface area contributed by atoms with Crippen LogP contribution in [-0.2, 0) is 4.79 Å². The predicted molar refractivity (Wildman–Crippen MR) is 111 cm³/mol. The highest BCUT2D eigenvalue weighted by atomic mass is 79.9. The molecule has 148 valence electrons. The number of hydrogen-bond donors (Lipinski definition) is 2. The van der Waals surface area contributed by atoms with Gasteiger partial charge in [0, 0.05) is 16.6 Å².